The Balaban J connectivity index is 0.00000782. The fourth-order valence-corrected chi connectivity index (χ4v) is 10.2. The minimum Gasteiger partial charge on any atom is -1.00 e. The van der Waals surface area contributed by atoms with Gasteiger partial charge >= 0.3 is 18.2 Å². The molecule has 0 spiro atoms. The second-order valence-electron chi connectivity index (χ2n) is 17.3. The van der Waals surface area contributed by atoms with Crippen LogP contribution in [0.3, 0.4) is 0 Å². The second kappa shape index (κ2) is 21.9. The van der Waals surface area contributed by atoms with Crippen molar-refractivity contribution in [3.05, 3.63) is 104 Å². The number of alkyl carbamates (subject to hydrolysis) is 1. The number of halogens is 2. The first-order valence-electron chi connectivity index (χ1n) is 20.9. The first kappa shape index (κ1) is 52.6. The normalized spacial score (nSPS) is 15.9. The summed E-state index contributed by atoms with van der Waals surface area (Å²) in [5.74, 6) is -1.24. The third-order valence-electron chi connectivity index (χ3n) is 9.91. The minimum absolute atomic E-state index is 0. The summed E-state index contributed by atoms with van der Waals surface area (Å²) in [5.41, 5.74) is 0.896. The Morgan fingerprint density at radius 1 is 1.01 bits per heavy atom. The van der Waals surface area contributed by atoms with Gasteiger partial charge in [-0.1, -0.05) is 40.2 Å². The fourth-order valence-electron chi connectivity index (χ4n) is 6.98. The van der Waals surface area contributed by atoms with Gasteiger partial charge in [0.1, 0.15) is 69.2 Å². The Morgan fingerprint density at radius 3 is 2.41 bits per heavy atom. The average molecular weight is 1130 g/mol. The molecule has 1 aromatic carbocycles. The van der Waals surface area contributed by atoms with E-state index in [1.807, 2.05) is 41.4 Å². The van der Waals surface area contributed by atoms with Crippen molar-refractivity contribution in [2.75, 3.05) is 25.3 Å². The monoisotopic (exact) mass is 1130 g/mol. The largest absolute Gasteiger partial charge is 1.00 e. The predicted molar refractivity (Wildman–Crippen MR) is 257 cm³/mol. The Hall–Kier alpha value is -5.76. The Labute approximate surface area is 431 Å². The molecule has 4 N–H and O–H groups in total. The van der Waals surface area contributed by atoms with Gasteiger partial charge < -0.3 is 57.6 Å². The van der Waals surface area contributed by atoms with E-state index in [1.165, 1.54) is 35.1 Å². The SMILES string of the molecule is CO/N=C(\C(=O)N[C@@H]1C(=O)N2C(C(=O)OCc3ccc(OC)cc3)=C(C[n+]3ccc4ccn(Cc5cc(C(=N)NC(=O)OC(C)(C)C)cs5)c4c3)CS[C@H]12)c1nc(NC(=O)OC(C)(C)C)sc1Cl.[I-]. The van der Waals surface area contributed by atoms with Gasteiger partial charge in [0.05, 0.1) is 13.7 Å². The molecule has 366 valence electrons. The summed E-state index contributed by atoms with van der Waals surface area (Å²) < 4.78 is 25.7. The van der Waals surface area contributed by atoms with Crippen molar-refractivity contribution < 1.29 is 76.3 Å². The zero-order valence-corrected chi connectivity index (χ0v) is 44.0. The summed E-state index contributed by atoms with van der Waals surface area (Å²) in [6.45, 7) is 11.0. The molecule has 69 heavy (non-hydrogen) atoms. The Morgan fingerprint density at radius 2 is 1.72 bits per heavy atom. The predicted octanol–water partition coefficient (Wildman–Crippen LogP) is 3.81. The maximum absolute atomic E-state index is 14.2. The maximum Gasteiger partial charge on any atom is 0.413 e. The highest BCUT2D eigenvalue weighted by Gasteiger charge is 2.55. The summed E-state index contributed by atoms with van der Waals surface area (Å²) in [6.07, 6.45) is 4.32. The summed E-state index contributed by atoms with van der Waals surface area (Å²) >= 11 is 10.2. The lowest BCUT2D eigenvalue weighted by Gasteiger charge is -2.49. The zero-order valence-electron chi connectivity index (χ0n) is 38.6. The van der Waals surface area contributed by atoms with Gasteiger partial charge in [0.2, 0.25) is 0 Å². The number of ether oxygens (including phenoxy) is 4. The maximum atomic E-state index is 14.2. The van der Waals surface area contributed by atoms with Gasteiger partial charge in [-0.25, -0.2) is 19.4 Å². The highest BCUT2D eigenvalue weighted by atomic mass is 127. The lowest BCUT2D eigenvalue weighted by atomic mass is 10.0. The van der Waals surface area contributed by atoms with Crippen molar-refractivity contribution in [1.82, 2.24) is 25.1 Å². The van der Waals surface area contributed by atoms with E-state index in [0.29, 0.717) is 34.7 Å². The van der Waals surface area contributed by atoms with Crippen LogP contribution in [-0.2, 0) is 53.1 Å². The number of hydrogen-bond donors (Lipinski definition) is 4. The number of hydrogen-bond acceptors (Lipinski definition) is 16. The number of thioether (sulfide) groups is 1. The van der Waals surface area contributed by atoms with Gasteiger partial charge in [0, 0.05) is 44.8 Å². The number of amidine groups is 1. The molecular formula is C45H49ClIN9O10S3. The molecule has 4 aromatic heterocycles. The third kappa shape index (κ3) is 12.9. The molecule has 6 heterocycles. The van der Waals surface area contributed by atoms with Crippen LogP contribution in [0.5, 0.6) is 5.75 Å². The molecule has 0 unspecified atom stereocenters. The molecule has 7 rings (SSSR count). The number of rotatable bonds is 14. The number of oxime groups is 1. The standard InChI is InChI=1S/C45H48ClN9O10S3.HI/c1-44(2,3)64-42(59)50-36(47)26-17-29(66-22-26)19-54-16-14-25-13-15-53(20-30(25)54)18-27-23-67-39-33(38(57)55(39)34(27)40(58)63-21-24-9-11-28(61-7)12-10-24)48-37(56)32(52-62-8)31-35(46)68-41(49-31)51-43(60)65-45(4,5)6;/h9-17,20,22,33,39H,18-19,21,23H2,1-8H3,(H3-,47,48,49,50,51,56,59,60);1H/b52-32-;/t33-,39-;/m1./s1. The van der Waals surface area contributed by atoms with Crippen LogP contribution in [0.4, 0.5) is 14.7 Å². The molecule has 2 aliphatic heterocycles. The number of thiazole rings is 1. The number of pyridine rings is 1. The molecule has 4 amide bonds. The number of esters is 1. The topological polar surface area (TPSA) is 229 Å². The molecule has 0 aliphatic carbocycles. The summed E-state index contributed by atoms with van der Waals surface area (Å²) in [5, 5.41) is 22.1. The molecule has 2 aliphatic rings. The van der Waals surface area contributed by atoms with Crippen LogP contribution in [0.15, 0.2) is 82.9 Å². The molecule has 2 atom stereocenters. The highest BCUT2D eigenvalue weighted by Crippen LogP contribution is 2.41. The van der Waals surface area contributed by atoms with Gasteiger partial charge in [-0.05, 0) is 71.4 Å². The number of benzene rings is 1. The fraction of sp³-hybridized carbons (Fsp3) is 0.356. The van der Waals surface area contributed by atoms with E-state index in [9.17, 15) is 24.0 Å². The third-order valence-corrected chi connectivity index (χ3v) is 13.3. The smallest absolute Gasteiger partial charge is 0.413 e. The number of methoxy groups -OCH3 is 1. The quantitative estimate of drug-likeness (QED) is 0.0182. The molecule has 19 nitrogen and oxygen atoms in total. The van der Waals surface area contributed by atoms with E-state index in [4.69, 9.17) is 40.8 Å². The number of fused-ring (bicyclic) bond motifs is 2. The molecule has 24 heteroatoms. The number of carbonyl (C=O) groups is 5. The van der Waals surface area contributed by atoms with E-state index in [-0.39, 0.29) is 69.5 Å². The van der Waals surface area contributed by atoms with Crippen LogP contribution < -0.4 is 49.2 Å². The van der Waals surface area contributed by atoms with E-state index in [2.05, 4.69) is 30.7 Å². The summed E-state index contributed by atoms with van der Waals surface area (Å²) in [7, 11) is 2.78. The van der Waals surface area contributed by atoms with Crippen molar-refractivity contribution in [3.63, 3.8) is 0 Å². The lowest BCUT2D eigenvalue weighted by molar-refractivity contribution is -0.687. The number of nitrogens with zero attached hydrogens (tertiary/aromatic N) is 5. The minimum atomic E-state index is -1.08. The van der Waals surface area contributed by atoms with Crippen LogP contribution in [0.1, 0.15) is 63.2 Å². The molecular weight excluding hydrogens is 1090 g/mol. The first-order valence-corrected chi connectivity index (χ1v) is 24.0. The van der Waals surface area contributed by atoms with Gasteiger partial charge in [-0.3, -0.25) is 30.5 Å². The molecule has 0 bridgehead atoms. The van der Waals surface area contributed by atoms with E-state index in [0.717, 1.165) is 27.1 Å². The molecule has 0 radical (unpaired) electrons. The molecule has 1 fully saturated rings. The number of nitrogens with one attached hydrogen (secondary N) is 4. The van der Waals surface area contributed by atoms with E-state index >= 15 is 0 Å². The van der Waals surface area contributed by atoms with Crippen molar-refractivity contribution >= 4 is 104 Å². The number of β-lactam (4-membered cyclic amide) rings is 1. The van der Waals surface area contributed by atoms with E-state index in [1.54, 1.807) is 78.3 Å². The Kier molecular flexibility index (Phi) is 16.7. The van der Waals surface area contributed by atoms with Crippen molar-refractivity contribution in [1.29, 1.82) is 5.41 Å². The molecule has 0 saturated carbocycles. The summed E-state index contributed by atoms with van der Waals surface area (Å²) in [6, 6.07) is 11.7. The average Bonchev–Trinajstić information content (AvgIpc) is 4.00. The second-order valence-corrected chi connectivity index (χ2v) is 21.0. The summed E-state index contributed by atoms with van der Waals surface area (Å²) in [4.78, 5) is 78.4. The van der Waals surface area contributed by atoms with E-state index < -0.39 is 52.6 Å². The van der Waals surface area contributed by atoms with Gasteiger partial charge in [-0.2, -0.15) is 4.57 Å². The number of carbonyl (C=O) groups excluding carboxylic acids is 5. The van der Waals surface area contributed by atoms with Crippen LogP contribution in [0, 0.1) is 5.41 Å². The number of aromatic nitrogens is 3. The van der Waals surface area contributed by atoms with Crippen LogP contribution >= 0.6 is 46.0 Å². The van der Waals surface area contributed by atoms with Crippen LogP contribution in [-0.4, -0.2) is 98.6 Å². The molecule has 5 aromatic rings. The van der Waals surface area contributed by atoms with Gasteiger partial charge in [-0.15, -0.1) is 23.1 Å². The van der Waals surface area contributed by atoms with Crippen molar-refractivity contribution in [2.45, 2.75) is 83.9 Å². The van der Waals surface area contributed by atoms with Gasteiger partial charge in [0.25, 0.3) is 11.8 Å². The van der Waals surface area contributed by atoms with Gasteiger partial charge in [0.15, 0.2) is 29.8 Å². The Bertz CT molecular complexity index is 2850. The van der Waals surface area contributed by atoms with Crippen molar-refractivity contribution in [3.8, 4) is 5.75 Å². The number of thiophene rings is 1. The van der Waals surface area contributed by atoms with Crippen molar-refractivity contribution in [2.24, 2.45) is 5.16 Å². The van der Waals surface area contributed by atoms with Crippen LogP contribution in [0.25, 0.3) is 10.9 Å². The zero-order chi connectivity index (χ0) is 49.1. The number of amides is 4. The van der Waals surface area contributed by atoms with Crippen LogP contribution in [0.2, 0.25) is 4.34 Å². The lowest BCUT2D eigenvalue weighted by Crippen LogP contribution is -3.00. The first-order chi connectivity index (χ1) is 32.2. The highest BCUT2D eigenvalue weighted by molar-refractivity contribution is 8.00. The number of anilines is 1. The molecule has 1 saturated heterocycles.